The highest BCUT2D eigenvalue weighted by Crippen LogP contribution is 2.22. The standard InChI is InChI=1S/C21H25N5O2/c1-15-5-3-7-20-24-18(13-26(15)20)19-14-25(11-12-28-19)21(27)23-10-8-17-6-4-9-22-16(17)2/h3-7,9,13,19H,8,10-12,14H2,1-2H3,(H,23,27). The number of ether oxygens (including phenoxy) is 1. The maximum absolute atomic E-state index is 12.6. The summed E-state index contributed by atoms with van der Waals surface area (Å²) in [6.45, 7) is 6.21. The molecule has 0 radical (unpaired) electrons. The molecule has 1 unspecified atom stereocenters. The normalized spacial score (nSPS) is 17.1. The number of aryl methyl sites for hydroxylation is 2. The number of pyridine rings is 2. The van der Waals surface area contributed by atoms with Gasteiger partial charge in [-0.15, -0.1) is 0 Å². The van der Waals surface area contributed by atoms with Crippen molar-refractivity contribution in [3.05, 3.63) is 65.4 Å². The molecule has 4 heterocycles. The van der Waals surface area contributed by atoms with E-state index in [9.17, 15) is 4.79 Å². The van der Waals surface area contributed by atoms with Crippen LogP contribution in [0.2, 0.25) is 0 Å². The van der Waals surface area contributed by atoms with E-state index in [4.69, 9.17) is 4.74 Å². The van der Waals surface area contributed by atoms with Crippen molar-refractivity contribution < 1.29 is 9.53 Å². The highest BCUT2D eigenvalue weighted by atomic mass is 16.5. The van der Waals surface area contributed by atoms with Gasteiger partial charge in [-0.05, 0) is 44.0 Å². The van der Waals surface area contributed by atoms with Gasteiger partial charge in [0.1, 0.15) is 11.8 Å². The van der Waals surface area contributed by atoms with Crippen molar-refractivity contribution in [3.63, 3.8) is 0 Å². The molecule has 1 saturated heterocycles. The number of fused-ring (bicyclic) bond motifs is 1. The minimum Gasteiger partial charge on any atom is -0.368 e. The van der Waals surface area contributed by atoms with Gasteiger partial charge in [-0.2, -0.15) is 0 Å². The van der Waals surface area contributed by atoms with Crippen LogP contribution in [0.5, 0.6) is 0 Å². The molecule has 2 amide bonds. The molecular formula is C21H25N5O2. The Morgan fingerprint density at radius 3 is 3.00 bits per heavy atom. The zero-order chi connectivity index (χ0) is 19.5. The fourth-order valence-corrected chi connectivity index (χ4v) is 3.53. The van der Waals surface area contributed by atoms with E-state index in [-0.39, 0.29) is 12.1 Å². The molecule has 0 saturated carbocycles. The molecule has 1 fully saturated rings. The van der Waals surface area contributed by atoms with E-state index < -0.39 is 0 Å². The van der Waals surface area contributed by atoms with Gasteiger partial charge >= 0.3 is 6.03 Å². The fraction of sp³-hybridized carbons (Fsp3) is 0.381. The van der Waals surface area contributed by atoms with Crippen LogP contribution in [0.25, 0.3) is 5.65 Å². The van der Waals surface area contributed by atoms with Crippen molar-refractivity contribution in [2.75, 3.05) is 26.2 Å². The molecule has 7 heteroatoms. The first-order chi connectivity index (χ1) is 13.6. The molecule has 0 aromatic carbocycles. The van der Waals surface area contributed by atoms with E-state index in [1.165, 1.54) is 0 Å². The largest absolute Gasteiger partial charge is 0.368 e. The highest BCUT2D eigenvalue weighted by molar-refractivity contribution is 5.74. The molecule has 0 spiro atoms. The van der Waals surface area contributed by atoms with Crippen molar-refractivity contribution in [2.45, 2.75) is 26.4 Å². The summed E-state index contributed by atoms with van der Waals surface area (Å²) in [7, 11) is 0. The van der Waals surface area contributed by atoms with Gasteiger partial charge in [0.25, 0.3) is 0 Å². The van der Waals surface area contributed by atoms with E-state index in [0.717, 1.165) is 34.7 Å². The Morgan fingerprint density at radius 2 is 2.18 bits per heavy atom. The van der Waals surface area contributed by atoms with Crippen LogP contribution >= 0.6 is 0 Å². The van der Waals surface area contributed by atoms with Gasteiger partial charge in [0, 0.05) is 36.9 Å². The average Bonchev–Trinajstić information content (AvgIpc) is 3.15. The van der Waals surface area contributed by atoms with Gasteiger partial charge in [0.15, 0.2) is 0 Å². The molecular weight excluding hydrogens is 354 g/mol. The van der Waals surface area contributed by atoms with E-state index in [2.05, 4.69) is 15.3 Å². The number of urea groups is 1. The van der Waals surface area contributed by atoms with Crippen LogP contribution in [0.3, 0.4) is 0 Å². The smallest absolute Gasteiger partial charge is 0.317 e. The summed E-state index contributed by atoms with van der Waals surface area (Å²) in [6, 6.07) is 9.92. The van der Waals surface area contributed by atoms with Crippen LogP contribution in [0, 0.1) is 13.8 Å². The molecule has 4 rings (SSSR count). The second kappa shape index (κ2) is 7.98. The SMILES string of the molecule is Cc1ncccc1CCNC(=O)N1CCOC(c2cn3c(C)cccc3n2)C1. The number of hydrogen-bond donors (Lipinski definition) is 1. The van der Waals surface area contributed by atoms with Crippen LogP contribution in [-0.4, -0.2) is 51.5 Å². The van der Waals surface area contributed by atoms with Gasteiger partial charge in [0.2, 0.25) is 0 Å². The number of imidazole rings is 1. The van der Waals surface area contributed by atoms with Gasteiger partial charge in [-0.3, -0.25) is 4.98 Å². The number of nitrogens with one attached hydrogen (secondary N) is 1. The molecule has 1 aliphatic heterocycles. The van der Waals surface area contributed by atoms with Crippen LogP contribution < -0.4 is 5.32 Å². The third kappa shape index (κ3) is 3.84. The third-order valence-electron chi connectivity index (χ3n) is 5.19. The Hall–Kier alpha value is -2.93. The Labute approximate surface area is 164 Å². The molecule has 0 aliphatic carbocycles. The van der Waals surface area contributed by atoms with E-state index >= 15 is 0 Å². The number of carbonyl (C=O) groups excluding carboxylic acids is 1. The van der Waals surface area contributed by atoms with E-state index in [1.807, 2.05) is 54.8 Å². The second-order valence-electron chi connectivity index (χ2n) is 7.10. The molecule has 3 aromatic heterocycles. The number of nitrogens with zero attached hydrogens (tertiary/aromatic N) is 4. The maximum Gasteiger partial charge on any atom is 0.317 e. The number of carbonyl (C=O) groups is 1. The minimum atomic E-state index is -0.209. The van der Waals surface area contributed by atoms with Crippen LogP contribution in [0.1, 0.15) is 28.7 Å². The lowest BCUT2D eigenvalue weighted by molar-refractivity contribution is -0.0173. The molecule has 1 atom stereocenters. The summed E-state index contributed by atoms with van der Waals surface area (Å²) in [5, 5.41) is 3.01. The molecule has 1 N–H and O–H groups in total. The number of hydrogen-bond acceptors (Lipinski definition) is 4. The first kappa shape index (κ1) is 18.4. The second-order valence-corrected chi connectivity index (χ2v) is 7.10. The summed E-state index contributed by atoms with van der Waals surface area (Å²) >= 11 is 0. The zero-order valence-corrected chi connectivity index (χ0v) is 16.3. The van der Waals surface area contributed by atoms with Gasteiger partial charge in [0.05, 0.1) is 18.8 Å². The maximum atomic E-state index is 12.6. The number of rotatable bonds is 4. The predicted molar refractivity (Wildman–Crippen MR) is 106 cm³/mol. The summed E-state index contributed by atoms with van der Waals surface area (Å²) < 4.78 is 7.95. The molecule has 28 heavy (non-hydrogen) atoms. The monoisotopic (exact) mass is 379 g/mol. The highest BCUT2D eigenvalue weighted by Gasteiger charge is 2.27. The quantitative estimate of drug-likeness (QED) is 0.757. The zero-order valence-electron chi connectivity index (χ0n) is 16.3. The summed E-state index contributed by atoms with van der Waals surface area (Å²) in [5.74, 6) is 0. The fourth-order valence-electron chi connectivity index (χ4n) is 3.53. The Kier molecular flexibility index (Phi) is 5.25. The Bertz CT molecular complexity index is 984. The summed E-state index contributed by atoms with van der Waals surface area (Å²) in [5.41, 5.74) is 5.03. The minimum absolute atomic E-state index is 0.0604. The lowest BCUT2D eigenvalue weighted by Crippen LogP contribution is -2.47. The molecule has 1 aliphatic rings. The summed E-state index contributed by atoms with van der Waals surface area (Å²) in [4.78, 5) is 23.4. The van der Waals surface area contributed by atoms with Crippen LogP contribution in [0.15, 0.2) is 42.7 Å². The lowest BCUT2D eigenvalue weighted by Gasteiger charge is -2.32. The van der Waals surface area contributed by atoms with Gasteiger partial charge < -0.3 is 19.4 Å². The number of morpholine rings is 1. The molecule has 3 aromatic rings. The molecule has 146 valence electrons. The average molecular weight is 379 g/mol. The predicted octanol–water partition coefficient (Wildman–Crippen LogP) is 2.67. The van der Waals surface area contributed by atoms with Crippen LogP contribution in [0.4, 0.5) is 4.79 Å². The third-order valence-corrected chi connectivity index (χ3v) is 5.19. The first-order valence-electron chi connectivity index (χ1n) is 9.61. The number of aromatic nitrogens is 3. The molecule has 7 nitrogen and oxygen atoms in total. The van der Waals surface area contributed by atoms with Gasteiger partial charge in [-0.25, -0.2) is 9.78 Å². The topological polar surface area (TPSA) is 71.8 Å². The Morgan fingerprint density at radius 1 is 1.29 bits per heavy atom. The molecule has 0 bridgehead atoms. The van der Waals surface area contributed by atoms with Crippen molar-refractivity contribution in [2.24, 2.45) is 0 Å². The first-order valence-corrected chi connectivity index (χ1v) is 9.61. The van der Waals surface area contributed by atoms with Crippen molar-refractivity contribution in [1.82, 2.24) is 24.6 Å². The van der Waals surface area contributed by atoms with E-state index in [0.29, 0.717) is 26.2 Å². The lowest BCUT2D eigenvalue weighted by atomic mass is 10.1. The summed E-state index contributed by atoms with van der Waals surface area (Å²) in [6.07, 6.45) is 4.35. The Balaban J connectivity index is 1.37. The van der Waals surface area contributed by atoms with Crippen LogP contribution in [-0.2, 0) is 11.2 Å². The van der Waals surface area contributed by atoms with Crippen molar-refractivity contribution in [1.29, 1.82) is 0 Å². The van der Waals surface area contributed by atoms with Gasteiger partial charge in [-0.1, -0.05) is 12.1 Å². The van der Waals surface area contributed by atoms with E-state index in [1.54, 1.807) is 11.1 Å². The van der Waals surface area contributed by atoms with Crippen molar-refractivity contribution >= 4 is 11.7 Å². The van der Waals surface area contributed by atoms with Crippen molar-refractivity contribution in [3.8, 4) is 0 Å². The number of amides is 2.